The van der Waals surface area contributed by atoms with Crippen molar-refractivity contribution in [3.8, 4) is 0 Å². The van der Waals surface area contributed by atoms with Crippen LogP contribution in [0.5, 0.6) is 0 Å². The number of hydrogen-bond acceptors (Lipinski definition) is 3. The van der Waals surface area contributed by atoms with Gasteiger partial charge in [0.2, 0.25) is 5.89 Å². The molecule has 62 valence electrons. The number of aromatic nitrogens is 2. The van der Waals surface area contributed by atoms with Gasteiger partial charge in [0, 0.05) is 5.41 Å². The van der Waals surface area contributed by atoms with Crippen molar-refractivity contribution in [1.82, 2.24) is 10.1 Å². The lowest BCUT2D eigenvalue weighted by Gasteiger charge is -2.10. The van der Waals surface area contributed by atoms with Gasteiger partial charge in [0.15, 0.2) is 5.82 Å². The molecule has 0 N–H and O–H groups in total. The van der Waals surface area contributed by atoms with Gasteiger partial charge in [0.25, 0.3) is 0 Å². The van der Waals surface area contributed by atoms with Gasteiger partial charge in [-0.3, -0.25) is 0 Å². The highest BCUT2D eigenvalue weighted by Crippen LogP contribution is 2.18. The number of halogens is 1. The maximum atomic E-state index is 5.49. The highest BCUT2D eigenvalue weighted by molar-refractivity contribution is 6.16. The molecule has 0 saturated carbocycles. The quantitative estimate of drug-likeness (QED) is 0.613. The van der Waals surface area contributed by atoms with Crippen LogP contribution < -0.4 is 0 Å². The Hall–Kier alpha value is -0.570. The fourth-order valence-electron chi connectivity index (χ4n) is 0.614. The third-order valence-electron chi connectivity index (χ3n) is 1.25. The summed E-state index contributed by atoms with van der Waals surface area (Å²) in [6, 6.07) is 0. The van der Waals surface area contributed by atoms with Crippen LogP contribution in [-0.4, -0.2) is 10.1 Å². The number of rotatable bonds is 1. The summed E-state index contributed by atoms with van der Waals surface area (Å²) in [5.41, 5.74) is -0.0617. The van der Waals surface area contributed by atoms with Crippen molar-refractivity contribution in [2.45, 2.75) is 32.1 Å². The van der Waals surface area contributed by atoms with E-state index in [9.17, 15) is 0 Å². The first-order chi connectivity index (χ1) is 5.04. The van der Waals surface area contributed by atoms with Gasteiger partial charge in [0.1, 0.15) is 5.88 Å². The molecule has 1 rings (SSSR count). The maximum absolute atomic E-state index is 5.49. The van der Waals surface area contributed by atoms with Gasteiger partial charge in [-0.2, -0.15) is 4.98 Å². The Labute approximate surface area is 70.7 Å². The van der Waals surface area contributed by atoms with Crippen molar-refractivity contribution in [1.29, 1.82) is 0 Å². The summed E-state index contributed by atoms with van der Waals surface area (Å²) >= 11 is 5.49. The number of hydrogen-bond donors (Lipinski definition) is 0. The normalized spacial score (nSPS) is 12.0. The molecule has 3 nitrogen and oxygen atoms in total. The fraction of sp³-hybridized carbons (Fsp3) is 0.714. The Morgan fingerprint density at radius 2 is 2.09 bits per heavy atom. The first-order valence-corrected chi connectivity index (χ1v) is 3.96. The van der Waals surface area contributed by atoms with E-state index in [1.54, 1.807) is 0 Å². The van der Waals surface area contributed by atoms with E-state index in [1.165, 1.54) is 0 Å². The molecule has 0 amide bonds. The second-order valence-corrected chi connectivity index (χ2v) is 3.66. The molecular formula is C7H11ClN2O. The van der Waals surface area contributed by atoms with Gasteiger partial charge in [-0.1, -0.05) is 25.9 Å². The minimum Gasteiger partial charge on any atom is -0.338 e. The summed E-state index contributed by atoms with van der Waals surface area (Å²) in [4.78, 5) is 4.09. The van der Waals surface area contributed by atoms with E-state index in [2.05, 4.69) is 10.1 Å². The molecule has 11 heavy (non-hydrogen) atoms. The molecular weight excluding hydrogens is 164 g/mol. The molecule has 0 aliphatic rings. The Balaban J connectivity index is 2.89. The van der Waals surface area contributed by atoms with Crippen LogP contribution >= 0.6 is 11.6 Å². The molecule has 0 spiro atoms. The average molecular weight is 175 g/mol. The zero-order chi connectivity index (χ0) is 8.48. The summed E-state index contributed by atoms with van der Waals surface area (Å²) in [5.74, 6) is 1.47. The lowest BCUT2D eigenvalue weighted by Crippen LogP contribution is -2.13. The topological polar surface area (TPSA) is 38.9 Å². The van der Waals surface area contributed by atoms with Crippen LogP contribution in [0.2, 0.25) is 0 Å². The zero-order valence-corrected chi connectivity index (χ0v) is 7.64. The molecule has 0 aromatic carbocycles. The molecule has 1 heterocycles. The molecule has 0 fully saturated rings. The molecule has 1 aromatic rings. The molecule has 0 unspecified atom stereocenters. The van der Waals surface area contributed by atoms with E-state index in [-0.39, 0.29) is 11.3 Å². The Bertz CT molecular complexity index is 239. The van der Waals surface area contributed by atoms with Crippen molar-refractivity contribution in [2.75, 3.05) is 0 Å². The predicted octanol–water partition coefficient (Wildman–Crippen LogP) is 2.11. The summed E-state index contributed by atoms with van der Waals surface area (Å²) in [7, 11) is 0. The minimum absolute atomic E-state index is 0.0617. The van der Waals surface area contributed by atoms with Gasteiger partial charge in [-0.25, -0.2) is 0 Å². The van der Waals surface area contributed by atoms with E-state index < -0.39 is 0 Å². The molecule has 0 radical (unpaired) electrons. The third kappa shape index (κ3) is 1.93. The van der Waals surface area contributed by atoms with Crippen molar-refractivity contribution >= 4 is 11.6 Å². The van der Waals surface area contributed by atoms with E-state index in [0.29, 0.717) is 11.7 Å². The summed E-state index contributed by atoms with van der Waals surface area (Å²) < 4.78 is 4.85. The summed E-state index contributed by atoms with van der Waals surface area (Å²) in [6.07, 6.45) is 0. The first-order valence-electron chi connectivity index (χ1n) is 3.43. The Morgan fingerprint density at radius 1 is 1.45 bits per heavy atom. The van der Waals surface area contributed by atoms with Crippen molar-refractivity contribution < 1.29 is 4.52 Å². The zero-order valence-electron chi connectivity index (χ0n) is 6.89. The van der Waals surface area contributed by atoms with E-state index in [1.807, 2.05) is 20.8 Å². The van der Waals surface area contributed by atoms with E-state index >= 15 is 0 Å². The van der Waals surface area contributed by atoms with Gasteiger partial charge in [-0.15, -0.1) is 11.6 Å². The standard InChI is InChI=1S/C7H11ClN2O/c1-7(2,3)6-9-5(4-8)11-10-6/h4H2,1-3H3. The molecule has 4 heteroatoms. The van der Waals surface area contributed by atoms with Crippen LogP contribution in [0.15, 0.2) is 4.52 Å². The van der Waals surface area contributed by atoms with Gasteiger partial charge in [-0.05, 0) is 0 Å². The van der Waals surface area contributed by atoms with Crippen molar-refractivity contribution in [3.63, 3.8) is 0 Å². The molecule has 0 aliphatic carbocycles. The van der Waals surface area contributed by atoms with Crippen LogP contribution in [0.4, 0.5) is 0 Å². The van der Waals surface area contributed by atoms with Crippen LogP contribution in [0.25, 0.3) is 0 Å². The van der Waals surface area contributed by atoms with Crippen LogP contribution in [0, 0.1) is 0 Å². The van der Waals surface area contributed by atoms with E-state index in [4.69, 9.17) is 16.1 Å². The van der Waals surface area contributed by atoms with Gasteiger partial charge >= 0.3 is 0 Å². The molecule has 0 atom stereocenters. The van der Waals surface area contributed by atoms with Crippen LogP contribution in [0.1, 0.15) is 32.5 Å². The van der Waals surface area contributed by atoms with Crippen LogP contribution in [-0.2, 0) is 11.3 Å². The summed E-state index contributed by atoms with van der Waals surface area (Å²) in [6.45, 7) is 6.07. The molecule has 0 bridgehead atoms. The fourth-order valence-corrected chi connectivity index (χ4v) is 0.722. The highest BCUT2D eigenvalue weighted by atomic mass is 35.5. The lowest BCUT2D eigenvalue weighted by molar-refractivity contribution is 0.372. The maximum Gasteiger partial charge on any atom is 0.241 e. The average Bonchev–Trinajstić information content (AvgIpc) is 2.32. The number of alkyl halides is 1. The molecule has 0 saturated heterocycles. The third-order valence-corrected chi connectivity index (χ3v) is 1.48. The number of nitrogens with zero attached hydrogens (tertiary/aromatic N) is 2. The van der Waals surface area contributed by atoms with E-state index in [0.717, 1.165) is 0 Å². The highest BCUT2D eigenvalue weighted by Gasteiger charge is 2.20. The first kappa shape index (κ1) is 8.53. The smallest absolute Gasteiger partial charge is 0.241 e. The second kappa shape index (κ2) is 2.81. The molecule has 0 aliphatic heterocycles. The van der Waals surface area contributed by atoms with Gasteiger partial charge < -0.3 is 4.52 Å². The monoisotopic (exact) mass is 174 g/mol. The lowest BCUT2D eigenvalue weighted by atomic mass is 9.96. The van der Waals surface area contributed by atoms with Crippen LogP contribution in [0.3, 0.4) is 0 Å². The Morgan fingerprint density at radius 3 is 2.36 bits per heavy atom. The van der Waals surface area contributed by atoms with Crippen molar-refractivity contribution in [2.24, 2.45) is 0 Å². The van der Waals surface area contributed by atoms with Crippen molar-refractivity contribution in [3.05, 3.63) is 11.7 Å². The minimum atomic E-state index is -0.0617. The largest absolute Gasteiger partial charge is 0.338 e. The Kier molecular flexibility index (Phi) is 2.18. The second-order valence-electron chi connectivity index (χ2n) is 3.40. The predicted molar refractivity (Wildman–Crippen MR) is 42.6 cm³/mol. The summed E-state index contributed by atoms with van der Waals surface area (Å²) in [5, 5.41) is 3.79. The van der Waals surface area contributed by atoms with Gasteiger partial charge in [0.05, 0.1) is 0 Å². The SMILES string of the molecule is CC(C)(C)c1noc(CCl)n1. The molecule has 1 aromatic heterocycles.